The van der Waals surface area contributed by atoms with Gasteiger partial charge in [-0.3, -0.25) is 4.79 Å². The number of aliphatic hydroxyl groups excluding tert-OH is 1. The smallest absolute Gasteiger partial charge is 0.197 e. The molecule has 4 rings (SSSR count). The number of aromatic hydroxyl groups is 2. The Morgan fingerprint density at radius 3 is 2.62 bits per heavy atom. The molecule has 2 atom stereocenters. The van der Waals surface area contributed by atoms with Crippen molar-refractivity contribution in [1.82, 2.24) is 4.90 Å². The molecule has 7 nitrogen and oxygen atoms in total. The van der Waals surface area contributed by atoms with E-state index in [1.807, 2.05) is 31.9 Å². The van der Waals surface area contributed by atoms with Crippen LogP contribution in [0, 0.1) is 0 Å². The number of nitrogens with one attached hydrogen (secondary N) is 1. The minimum atomic E-state index is -0.438. The molecule has 2 heterocycles. The van der Waals surface area contributed by atoms with E-state index < -0.39 is 5.43 Å². The number of aliphatic hydroxyl groups is 1. The molecule has 4 N–H and O–H groups in total. The second-order valence-corrected chi connectivity index (χ2v) is 9.03. The number of rotatable bonds is 5. The van der Waals surface area contributed by atoms with Gasteiger partial charge in [0.25, 0.3) is 0 Å². The second kappa shape index (κ2) is 8.65. The zero-order chi connectivity index (χ0) is 23.2. The lowest BCUT2D eigenvalue weighted by atomic mass is 9.89. The summed E-state index contributed by atoms with van der Waals surface area (Å²) >= 11 is 6.50. The molecule has 1 aliphatic rings. The third kappa shape index (κ3) is 3.92. The van der Waals surface area contributed by atoms with Crippen molar-refractivity contribution in [2.24, 2.45) is 0 Å². The Kier molecular flexibility index (Phi) is 6.07. The van der Waals surface area contributed by atoms with Gasteiger partial charge in [0.05, 0.1) is 11.6 Å². The molecule has 1 fully saturated rings. The third-order valence-electron chi connectivity index (χ3n) is 6.07. The summed E-state index contributed by atoms with van der Waals surface area (Å²) in [6.07, 6.45) is 0.666. The van der Waals surface area contributed by atoms with Crippen LogP contribution >= 0.6 is 11.6 Å². The fourth-order valence-corrected chi connectivity index (χ4v) is 4.84. The fraction of sp³-hybridized carbons (Fsp3) is 0.375. The number of hydrogen-bond donors (Lipinski definition) is 4. The predicted octanol–water partition coefficient (Wildman–Crippen LogP) is 4.12. The zero-order valence-corrected chi connectivity index (χ0v) is 19.0. The van der Waals surface area contributed by atoms with Crippen LogP contribution in [0.15, 0.2) is 39.5 Å². The Labute approximate surface area is 190 Å². The normalized spacial score (nSPS) is 19.2. The summed E-state index contributed by atoms with van der Waals surface area (Å²) in [4.78, 5) is 15.0. The van der Waals surface area contributed by atoms with Crippen molar-refractivity contribution in [3.8, 4) is 22.8 Å². The van der Waals surface area contributed by atoms with E-state index in [0.29, 0.717) is 22.6 Å². The number of fused-ring (bicyclic) bond motifs is 1. The van der Waals surface area contributed by atoms with Crippen molar-refractivity contribution in [2.75, 3.05) is 25.5 Å². The molecule has 1 aromatic heterocycles. The lowest BCUT2D eigenvalue weighted by Gasteiger charge is -2.24. The van der Waals surface area contributed by atoms with Crippen LogP contribution in [-0.4, -0.2) is 52.5 Å². The molecule has 1 aliphatic heterocycles. The van der Waals surface area contributed by atoms with E-state index in [4.69, 9.17) is 16.0 Å². The van der Waals surface area contributed by atoms with Gasteiger partial charge in [-0.2, -0.15) is 0 Å². The molecule has 0 aliphatic carbocycles. The molecule has 32 heavy (non-hydrogen) atoms. The van der Waals surface area contributed by atoms with Gasteiger partial charge in [-0.05, 0) is 52.1 Å². The molecule has 1 saturated heterocycles. The summed E-state index contributed by atoms with van der Waals surface area (Å²) in [7, 11) is 1.90. The molecule has 0 unspecified atom stereocenters. The number of halogens is 1. The van der Waals surface area contributed by atoms with Crippen molar-refractivity contribution in [1.29, 1.82) is 0 Å². The minimum absolute atomic E-state index is 0.00186. The summed E-state index contributed by atoms with van der Waals surface area (Å²) in [5.41, 5.74) is 1.45. The van der Waals surface area contributed by atoms with E-state index in [1.165, 1.54) is 12.1 Å². The van der Waals surface area contributed by atoms with Crippen molar-refractivity contribution in [2.45, 2.75) is 38.3 Å². The Morgan fingerprint density at radius 2 is 1.97 bits per heavy atom. The SMILES string of the molecule is CC(C)Nc1ccc(-c2cc(=O)c3c(O)cc(O)c([C@H]4CCN(C)[C@@H]4CO)c3o2)c(Cl)c1. The van der Waals surface area contributed by atoms with Gasteiger partial charge in [-0.15, -0.1) is 0 Å². The van der Waals surface area contributed by atoms with Crippen molar-refractivity contribution < 1.29 is 19.7 Å². The molecular formula is C24H27ClN2O5. The number of hydrogen-bond acceptors (Lipinski definition) is 7. The van der Waals surface area contributed by atoms with E-state index >= 15 is 0 Å². The van der Waals surface area contributed by atoms with Gasteiger partial charge in [0.2, 0.25) is 0 Å². The van der Waals surface area contributed by atoms with Crippen LogP contribution in [0.25, 0.3) is 22.3 Å². The van der Waals surface area contributed by atoms with Gasteiger partial charge >= 0.3 is 0 Å². The van der Waals surface area contributed by atoms with Gasteiger partial charge < -0.3 is 30.0 Å². The largest absolute Gasteiger partial charge is 0.507 e. The molecular weight excluding hydrogens is 432 g/mol. The average molecular weight is 459 g/mol. The van der Waals surface area contributed by atoms with E-state index in [9.17, 15) is 20.1 Å². The number of benzene rings is 2. The van der Waals surface area contributed by atoms with Gasteiger partial charge in [0.15, 0.2) is 5.43 Å². The van der Waals surface area contributed by atoms with Crippen LogP contribution in [0.4, 0.5) is 5.69 Å². The number of phenolic OH excluding ortho intramolecular Hbond substituents is 2. The summed E-state index contributed by atoms with van der Waals surface area (Å²) in [6.45, 7) is 4.65. The minimum Gasteiger partial charge on any atom is -0.507 e. The summed E-state index contributed by atoms with van der Waals surface area (Å²) in [5, 5.41) is 34.7. The number of phenols is 2. The van der Waals surface area contributed by atoms with Crippen LogP contribution in [0.5, 0.6) is 11.5 Å². The van der Waals surface area contributed by atoms with E-state index in [-0.39, 0.29) is 52.8 Å². The monoisotopic (exact) mass is 458 g/mol. The van der Waals surface area contributed by atoms with Gasteiger partial charge in [0.1, 0.15) is 28.2 Å². The standard InChI is InChI=1S/C24H27ClN2O5/c1-12(2)26-13-4-5-14(16(25)8-13)21-10-20(31)23-19(30)9-18(29)22(24(23)32-21)15-6-7-27(3)17(15)11-28/h4-5,8-10,12,15,17,26,28-30H,6-7,11H2,1-3H3/t15-,17+/m0/s1. The molecule has 2 aromatic carbocycles. The third-order valence-corrected chi connectivity index (χ3v) is 6.38. The molecule has 170 valence electrons. The van der Waals surface area contributed by atoms with Crippen LogP contribution in [0.3, 0.4) is 0 Å². The van der Waals surface area contributed by atoms with Crippen LogP contribution < -0.4 is 10.7 Å². The second-order valence-electron chi connectivity index (χ2n) is 8.63. The van der Waals surface area contributed by atoms with Gasteiger partial charge in [0, 0.05) is 46.9 Å². The number of nitrogens with zero attached hydrogens (tertiary/aromatic N) is 1. The highest BCUT2D eigenvalue weighted by Gasteiger charge is 2.36. The number of anilines is 1. The van der Waals surface area contributed by atoms with E-state index in [1.54, 1.807) is 12.1 Å². The van der Waals surface area contributed by atoms with Crippen LogP contribution in [0.2, 0.25) is 5.02 Å². The van der Waals surface area contributed by atoms with E-state index in [2.05, 4.69) is 5.32 Å². The molecule has 0 radical (unpaired) electrons. The lowest BCUT2D eigenvalue weighted by Crippen LogP contribution is -2.32. The first kappa shape index (κ1) is 22.5. The molecule has 3 aromatic rings. The quantitative estimate of drug-likeness (QED) is 0.455. The topological polar surface area (TPSA) is 106 Å². The summed E-state index contributed by atoms with van der Waals surface area (Å²) in [6, 6.07) is 7.82. The van der Waals surface area contributed by atoms with E-state index in [0.717, 1.165) is 12.2 Å². The Morgan fingerprint density at radius 1 is 1.22 bits per heavy atom. The molecule has 0 amide bonds. The predicted molar refractivity (Wildman–Crippen MR) is 126 cm³/mol. The van der Waals surface area contributed by atoms with Crippen LogP contribution in [-0.2, 0) is 0 Å². The molecule has 0 saturated carbocycles. The zero-order valence-electron chi connectivity index (χ0n) is 18.2. The maximum absolute atomic E-state index is 13.0. The Bertz CT molecular complexity index is 1220. The summed E-state index contributed by atoms with van der Waals surface area (Å²) in [5.74, 6) is -0.547. The Hall–Kier alpha value is -2.74. The highest BCUT2D eigenvalue weighted by atomic mass is 35.5. The van der Waals surface area contributed by atoms with Crippen LogP contribution in [0.1, 0.15) is 31.7 Å². The first-order valence-electron chi connectivity index (χ1n) is 10.6. The average Bonchev–Trinajstić information content (AvgIpc) is 3.07. The highest BCUT2D eigenvalue weighted by molar-refractivity contribution is 6.33. The van der Waals surface area contributed by atoms with Crippen molar-refractivity contribution >= 4 is 28.3 Å². The number of likely N-dealkylation sites (tertiary alicyclic amines) is 1. The van der Waals surface area contributed by atoms with Crippen molar-refractivity contribution in [3.05, 3.63) is 51.1 Å². The fourth-order valence-electron chi connectivity index (χ4n) is 4.56. The van der Waals surface area contributed by atoms with Gasteiger partial charge in [-0.1, -0.05) is 11.6 Å². The summed E-state index contributed by atoms with van der Waals surface area (Å²) < 4.78 is 6.14. The van der Waals surface area contributed by atoms with Gasteiger partial charge in [-0.25, -0.2) is 0 Å². The highest BCUT2D eigenvalue weighted by Crippen LogP contribution is 2.44. The maximum Gasteiger partial charge on any atom is 0.197 e. The van der Waals surface area contributed by atoms with Crippen molar-refractivity contribution in [3.63, 3.8) is 0 Å². The Balaban J connectivity index is 1.92. The molecule has 0 bridgehead atoms. The lowest BCUT2D eigenvalue weighted by molar-refractivity contribution is 0.172. The number of likely N-dealkylation sites (N-methyl/N-ethyl adjacent to an activating group) is 1. The molecule has 0 spiro atoms. The first-order chi connectivity index (χ1) is 15.2. The molecule has 8 heteroatoms. The maximum atomic E-state index is 13.0. The first-order valence-corrected chi connectivity index (χ1v) is 11.0.